The molecule has 19 heavy (non-hydrogen) atoms. The molecule has 0 bridgehead atoms. The molecule has 1 aromatic carbocycles. The van der Waals surface area contributed by atoms with E-state index in [0.29, 0.717) is 17.6 Å². The van der Waals surface area contributed by atoms with Crippen molar-refractivity contribution in [3.05, 3.63) is 23.8 Å². The summed E-state index contributed by atoms with van der Waals surface area (Å²) in [6.07, 6.45) is -0.543. The van der Waals surface area contributed by atoms with Gasteiger partial charge < -0.3 is 10.0 Å². The first-order valence-electron chi connectivity index (χ1n) is 6.29. The minimum absolute atomic E-state index is 0.131. The van der Waals surface area contributed by atoms with Crippen LogP contribution in [0.15, 0.2) is 18.2 Å². The zero-order valence-corrected chi connectivity index (χ0v) is 11.4. The highest BCUT2D eigenvalue weighted by atomic mass is 16.3. The van der Waals surface area contributed by atoms with Gasteiger partial charge in [0.2, 0.25) is 0 Å². The van der Waals surface area contributed by atoms with Crippen molar-refractivity contribution < 1.29 is 9.90 Å². The average molecular weight is 262 g/mol. The van der Waals surface area contributed by atoms with Crippen molar-refractivity contribution in [2.75, 3.05) is 13.6 Å². The fourth-order valence-electron chi connectivity index (χ4n) is 2.04. The zero-order chi connectivity index (χ0) is 14.0. The standard InChI is InChI=1S/C13H18N4O2/c1-4-17-12-6-5-10(7-11(12)14-15-17)13(19)16(3)8-9(2)18/h5-7,9,18H,4,8H2,1-3H3. The number of amides is 1. The molecule has 1 N–H and O–H groups in total. The quantitative estimate of drug-likeness (QED) is 0.888. The SMILES string of the molecule is CCn1nnc2cc(C(=O)N(C)CC(C)O)ccc21. The normalized spacial score (nSPS) is 12.6. The van der Waals surface area contributed by atoms with Crippen molar-refractivity contribution >= 4 is 16.9 Å². The van der Waals surface area contributed by atoms with Gasteiger partial charge in [-0.05, 0) is 32.0 Å². The molecule has 0 radical (unpaired) electrons. The monoisotopic (exact) mass is 262 g/mol. The lowest BCUT2D eigenvalue weighted by atomic mass is 10.1. The molecular formula is C13H18N4O2. The van der Waals surface area contributed by atoms with Gasteiger partial charge in [-0.2, -0.15) is 0 Å². The van der Waals surface area contributed by atoms with Gasteiger partial charge in [-0.25, -0.2) is 4.68 Å². The summed E-state index contributed by atoms with van der Waals surface area (Å²) in [4.78, 5) is 13.7. The first kappa shape index (κ1) is 13.5. The van der Waals surface area contributed by atoms with Crippen LogP contribution in [0, 0.1) is 0 Å². The second-order valence-electron chi connectivity index (χ2n) is 4.64. The second-order valence-corrected chi connectivity index (χ2v) is 4.64. The summed E-state index contributed by atoms with van der Waals surface area (Å²) in [6, 6.07) is 5.34. The largest absolute Gasteiger partial charge is 0.392 e. The Hall–Kier alpha value is -1.95. The predicted molar refractivity (Wildman–Crippen MR) is 71.8 cm³/mol. The molecular weight excluding hydrogens is 244 g/mol. The first-order chi connectivity index (χ1) is 9.02. The molecule has 1 atom stereocenters. The minimum atomic E-state index is -0.543. The third-order valence-electron chi connectivity index (χ3n) is 2.95. The van der Waals surface area contributed by atoms with Crippen LogP contribution in [0.25, 0.3) is 11.0 Å². The number of hydrogen-bond acceptors (Lipinski definition) is 4. The number of aromatic nitrogens is 3. The van der Waals surface area contributed by atoms with Gasteiger partial charge in [0.05, 0.1) is 11.6 Å². The van der Waals surface area contributed by atoms with Crippen molar-refractivity contribution in [2.45, 2.75) is 26.5 Å². The van der Waals surface area contributed by atoms with E-state index < -0.39 is 6.10 Å². The first-order valence-corrected chi connectivity index (χ1v) is 6.29. The molecule has 0 aliphatic carbocycles. The number of benzene rings is 1. The van der Waals surface area contributed by atoms with Crippen molar-refractivity contribution in [1.82, 2.24) is 19.9 Å². The molecule has 0 saturated heterocycles. The third kappa shape index (κ3) is 2.73. The number of rotatable bonds is 4. The van der Waals surface area contributed by atoms with E-state index in [2.05, 4.69) is 10.3 Å². The van der Waals surface area contributed by atoms with Crippen LogP contribution in [0.4, 0.5) is 0 Å². The summed E-state index contributed by atoms with van der Waals surface area (Å²) in [5.41, 5.74) is 2.18. The van der Waals surface area contributed by atoms with Gasteiger partial charge in [-0.3, -0.25) is 4.79 Å². The molecule has 6 heteroatoms. The maximum absolute atomic E-state index is 12.2. The summed E-state index contributed by atoms with van der Waals surface area (Å²) >= 11 is 0. The van der Waals surface area contributed by atoms with Crippen LogP contribution < -0.4 is 0 Å². The van der Waals surface area contributed by atoms with Crippen LogP contribution in [0.1, 0.15) is 24.2 Å². The van der Waals surface area contributed by atoms with Crippen LogP contribution in [-0.4, -0.2) is 50.6 Å². The average Bonchev–Trinajstić information content (AvgIpc) is 2.78. The number of likely N-dealkylation sites (N-methyl/N-ethyl adjacent to an activating group) is 1. The predicted octanol–water partition coefficient (Wildman–Crippen LogP) is 0.904. The summed E-state index contributed by atoms with van der Waals surface area (Å²) in [6.45, 7) is 4.69. The van der Waals surface area contributed by atoms with Crippen molar-refractivity contribution in [1.29, 1.82) is 0 Å². The van der Waals surface area contributed by atoms with Crippen molar-refractivity contribution in [3.63, 3.8) is 0 Å². The number of aryl methyl sites for hydroxylation is 1. The number of aliphatic hydroxyl groups is 1. The second kappa shape index (κ2) is 5.36. The number of hydrogen-bond donors (Lipinski definition) is 1. The molecule has 0 fully saturated rings. The molecule has 6 nitrogen and oxygen atoms in total. The topological polar surface area (TPSA) is 71.2 Å². The molecule has 2 rings (SSSR count). The lowest BCUT2D eigenvalue weighted by Crippen LogP contribution is -2.33. The molecule has 0 spiro atoms. The Bertz CT molecular complexity index is 591. The van der Waals surface area contributed by atoms with E-state index in [1.54, 1.807) is 30.8 Å². The van der Waals surface area contributed by atoms with E-state index in [1.807, 2.05) is 13.0 Å². The summed E-state index contributed by atoms with van der Waals surface area (Å²) in [5.74, 6) is -0.131. The maximum atomic E-state index is 12.2. The lowest BCUT2D eigenvalue weighted by molar-refractivity contribution is 0.0704. The van der Waals surface area contributed by atoms with Gasteiger partial charge in [-0.15, -0.1) is 5.10 Å². The lowest BCUT2D eigenvalue weighted by Gasteiger charge is -2.18. The van der Waals surface area contributed by atoms with Gasteiger partial charge in [0.1, 0.15) is 5.52 Å². The van der Waals surface area contributed by atoms with E-state index in [0.717, 1.165) is 12.1 Å². The summed E-state index contributed by atoms with van der Waals surface area (Å²) < 4.78 is 1.78. The number of aliphatic hydroxyl groups excluding tert-OH is 1. The van der Waals surface area contributed by atoms with Crippen LogP contribution in [-0.2, 0) is 6.54 Å². The van der Waals surface area contributed by atoms with Crippen LogP contribution in [0.5, 0.6) is 0 Å². The van der Waals surface area contributed by atoms with Gasteiger partial charge >= 0.3 is 0 Å². The molecule has 1 aromatic heterocycles. The fourth-order valence-corrected chi connectivity index (χ4v) is 2.04. The van der Waals surface area contributed by atoms with Gasteiger partial charge in [0.15, 0.2) is 0 Å². The summed E-state index contributed by atoms with van der Waals surface area (Å²) in [5, 5.41) is 17.4. The molecule has 1 heterocycles. The van der Waals surface area contributed by atoms with Crippen LogP contribution >= 0.6 is 0 Å². The Morgan fingerprint density at radius 2 is 2.26 bits per heavy atom. The molecule has 1 amide bonds. The van der Waals surface area contributed by atoms with Gasteiger partial charge in [-0.1, -0.05) is 5.21 Å². The van der Waals surface area contributed by atoms with E-state index in [1.165, 1.54) is 4.90 Å². The highest BCUT2D eigenvalue weighted by Gasteiger charge is 2.15. The number of carbonyl (C=O) groups is 1. The van der Waals surface area contributed by atoms with Crippen molar-refractivity contribution in [3.8, 4) is 0 Å². The molecule has 0 saturated carbocycles. The minimum Gasteiger partial charge on any atom is -0.392 e. The van der Waals surface area contributed by atoms with Gasteiger partial charge in [0, 0.05) is 25.7 Å². The van der Waals surface area contributed by atoms with Crippen molar-refractivity contribution in [2.24, 2.45) is 0 Å². The highest BCUT2D eigenvalue weighted by molar-refractivity contribution is 5.97. The Morgan fingerprint density at radius 3 is 2.89 bits per heavy atom. The smallest absolute Gasteiger partial charge is 0.253 e. The molecule has 0 aliphatic rings. The number of carbonyl (C=O) groups excluding carboxylic acids is 1. The van der Waals surface area contributed by atoms with Gasteiger partial charge in [0.25, 0.3) is 5.91 Å². The van der Waals surface area contributed by atoms with Crippen LogP contribution in [0.2, 0.25) is 0 Å². The van der Waals surface area contributed by atoms with E-state index in [9.17, 15) is 9.90 Å². The molecule has 0 aliphatic heterocycles. The molecule has 1 unspecified atom stereocenters. The molecule has 102 valence electrons. The Balaban J connectivity index is 2.28. The van der Waals surface area contributed by atoms with E-state index >= 15 is 0 Å². The number of fused-ring (bicyclic) bond motifs is 1. The highest BCUT2D eigenvalue weighted by Crippen LogP contribution is 2.14. The fraction of sp³-hybridized carbons (Fsp3) is 0.462. The number of nitrogens with zero attached hydrogens (tertiary/aromatic N) is 4. The maximum Gasteiger partial charge on any atom is 0.253 e. The Kier molecular flexibility index (Phi) is 3.80. The molecule has 2 aromatic rings. The zero-order valence-electron chi connectivity index (χ0n) is 11.4. The summed E-state index contributed by atoms with van der Waals surface area (Å²) in [7, 11) is 1.67. The van der Waals surface area contributed by atoms with Crippen LogP contribution in [0.3, 0.4) is 0 Å². The Morgan fingerprint density at radius 1 is 1.53 bits per heavy atom. The van der Waals surface area contributed by atoms with E-state index in [-0.39, 0.29) is 5.91 Å². The Labute approximate surface area is 111 Å². The third-order valence-corrected chi connectivity index (χ3v) is 2.95. The van der Waals surface area contributed by atoms with E-state index in [4.69, 9.17) is 0 Å².